The first-order valence-corrected chi connectivity index (χ1v) is 7.99. The van der Waals surface area contributed by atoms with E-state index in [1.807, 2.05) is 0 Å². The first-order chi connectivity index (χ1) is 9.70. The Bertz CT molecular complexity index is 421. The van der Waals surface area contributed by atoms with Crippen LogP contribution in [0.3, 0.4) is 0 Å². The fourth-order valence-electron chi connectivity index (χ4n) is 2.95. The zero-order chi connectivity index (χ0) is 13.9. The van der Waals surface area contributed by atoms with Gasteiger partial charge in [0.15, 0.2) is 5.82 Å². The molecule has 1 atom stereocenters. The quantitative estimate of drug-likeness (QED) is 0.826. The van der Waals surface area contributed by atoms with Gasteiger partial charge in [-0.1, -0.05) is 19.0 Å². The van der Waals surface area contributed by atoms with Crippen molar-refractivity contribution in [3.05, 3.63) is 11.7 Å². The Morgan fingerprint density at radius 1 is 1.35 bits per heavy atom. The fraction of sp³-hybridized carbons (Fsp3) is 0.867. The van der Waals surface area contributed by atoms with E-state index in [9.17, 15) is 0 Å². The van der Waals surface area contributed by atoms with Gasteiger partial charge >= 0.3 is 0 Å². The molecule has 20 heavy (non-hydrogen) atoms. The van der Waals surface area contributed by atoms with E-state index in [1.54, 1.807) is 0 Å². The van der Waals surface area contributed by atoms with Gasteiger partial charge in [-0.3, -0.25) is 4.90 Å². The number of rotatable bonds is 7. The molecule has 1 saturated heterocycles. The lowest BCUT2D eigenvalue weighted by Gasteiger charge is -2.23. The molecule has 0 aromatic carbocycles. The highest BCUT2D eigenvalue weighted by molar-refractivity contribution is 4.93. The molecule has 0 bridgehead atoms. The highest BCUT2D eigenvalue weighted by Crippen LogP contribution is 2.29. The minimum absolute atomic E-state index is 0.572. The third-order valence-electron chi connectivity index (χ3n) is 4.12. The maximum absolute atomic E-state index is 5.42. The molecule has 0 spiro atoms. The summed E-state index contributed by atoms with van der Waals surface area (Å²) in [4.78, 5) is 7.06. The second kappa shape index (κ2) is 6.22. The van der Waals surface area contributed by atoms with Crippen molar-refractivity contribution in [3.8, 4) is 0 Å². The van der Waals surface area contributed by atoms with Gasteiger partial charge in [-0.15, -0.1) is 0 Å². The minimum Gasteiger partial charge on any atom is -0.338 e. The lowest BCUT2D eigenvalue weighted by molar-refractivity contribution is 0.200. The third kappa shape index (κ3) is 3.79. The van der Waals surface area contributed by atoms with E-state index in [0.717, 1.165) is 37.3 Å². The molecule has 1 N–H and O–H groups in total. The fourth-order valence-corrected chi connectivity index (χ4v) is 2.95. The van der Waals surface area contributed by atoms with Crippen LogP contribution in [-0.4, -0.2) is 40.2 Å². The van der Waals surface area contributed by atoms with Gasteiger partial charge in [0.1, 0.15) is 0 Å². The van der Waals surface area contributed by atoms with Gasteiger partial charge in [-0.05, 0) is 38.1 Å². The van der Waals surface area contributed by atoms with E-state index >= 15 is 0 Å². The molecule has 112 valence electrons. The van der Waals surface area contributed by atoms with Crippen molar-refractivity contribution in [1.82, 2.24) is 20.4 Å². The first kappa shape index (κ1) is 14.0. The molecule has 3 rings (SSSR count). The van der Waals surface area contributed by atoms with Crippen molar-refractivity contribution >= 4 is 0 Å². The van der Waals surface area contributed by atoms with E-state index in [-0.39, 0.29) is 0 Å². The highest BCUT2D eigenvalue weighted by Gasteiger charge is 2.32. The van der Waals surface area contributed by atoms with Crippen molar-refractivity contribution in [1.29, 1.82) is 0 Å². The Morgan fingerprint density at radius 3 is 2.85 bits per heavy atom. The molecular formula is C15H26N4O. The summed E-state index contributed by atoms with van der Waals surface area (Å²) >= 11 is 0. The zero-order valence-electron chi connectivity index (χ0n) is 12.6. The zero-order valence-corrected chi connectivity index (χ0v) is 12.6. The number of hydrogen-bond donors (Lipinski definition) is 1. The van der Waals surface area contributed by atoms with E-state index in [4.69, 9.17) is 4.52 Å². The number of nitrogens with zero attached hydrogens (tertiary/aromatic N) is 3. The average Bonchev–Trinajstić information content (AvgIpc) is 2.95. The van der Waals surface area contributed by atoms with Crippen LogP contribution in [0.1, 0.15) is 51.2 Å². The van der Waals surface area contributed by atoms with Gasteiger partial charge < -0.3 is 9.84 Å². The van der Waals surface area contributed by atoms with Crippen LogP contribution in [0.2, 0.25) is 0 Å². The molecule has 1 aromatic rings. The van der Waals surface area contributed by atoms with E-state index in [0.29, 0.717) is 12.0 Å². The minimum atomic E-state index is 0.572. The average molecular weight is 278 g/mol. The summed E-state index contributed by atoms with van der Waals surface area (Å²) in [5, 5.41) is 7.67. The molecule has 1 aliphatic carbocycles. The normalized spacial score (nSPS) is 23.1. The van der Waals surface area contributed by atoms with Gasteiger partial charge in [0, 0.05) is 25.0 Å². The molecular weight excluding hydrogens is 252 g/mol. The second-order valence-electron chi connectivity index (χ2n) is 6.66. The first-order valence-electron chi connectivity index (χ1n) is 7.99. The largest absolute Gasteiger partial charge is 0.338 e. The summed E-state index contributed by atoms with van der Waals surface area (Å²) in [6.45, 7) is 7.46. The van der Waals surface area contributed by atoms with Crippen LogP contribution in [0.15, 0.2) is 4.52 Å². The highest BCUT2D eigenvalue weighted by atomic mass is 16.5. The summed E-state index contributed by atoms with van der Waals surface area (Å²) < 4.78 is 5.42. The van der Waals surface area contributed by atoms with Crippen molar-refractivity contribution in [2.24, 2.45) is 5.92 Å². The molecule has 1 aromatic heterocycles. The maximum Gasteiger partial charge on any atom is 0.240 e. The second-order valence-corrected chi connectivity index (χ2v) is 6.66. The summed E-state index contributed by atoms with van der Waals surface area (Å²) in [5.41, 5.74) is 0. The molecule has 0 radical (unpaired) electrons. The number of nitrogens with one attached hydrogen (secondary N) is 1. The van der Waals surface area contributed by atoms with Gasteiger partial charge in [-0.25, -0.2) is 0 Å². The van der Waals surface area contributed by atoms with Gasteiger partial charge in [0.05, 0.1) is 6.54 Å². The van der Waals surface area contributed by atoms with Gasteiger partial charge in [-0.2, -0.15) is 4.98 Å². The summed E-state index contributed by atoms with van der Waals surface area (Å²) in [5.74, 6) is 2.21. The standard InChI is InChI=1S/C15H26N4O/c1-11(2)8-14-17-15(20-18-14)10-19(13-5-6-13)9-12-4-3-7-16-12/h11-13,16H,3-10H2,1-2H3. The molecule has 2 heterocycles. The van der Waals surface area contributed by atoms with Crippen molar-refractivity contribution < 1.29 is 4.52 Å². The van der Waals surface area contributed by atoms with Crippen molar-refractivity contribution in [2.75, 3.05) is 13.1 Å². The Balaban J connectivity index is 1.56. The molecule has 1 aliphatic heterocycles. The predicted octanol–water partition coefficient (Wildman–Crippen LogP) is 1.98. The van der Waals surface area contributed by atoms with Crippen LogP contribution in [0.5, 0.6) is 0 Å². The van der Waals surface area contributed by atoms with E-state index < -0.39 is 0 Å². The summed E-state index contributed by atoms with van der Waals surface area (Å²) in [6, 6.07) is 1.38. The molecule has 5 heteroatoms. The number of hydrogen-bond acceptors (Lipinski definition) is 5. The summed E-state index contributed by atoms with van der Waals surface area (Å²) in [6.07, 6.45) is 6.14. The summed E-state index contributed by atoms with van der Waals surface area (Å²) in [7, 11) is 0. The van der Waals surface area contributed by atoms with Crippen molar-refractivity contribution in [2.45, 2.75) is 64.6 Å². The topological polar surface area (TPSA) is 54.2 Å². The predicted molar refractivity (Wildman–Crippen MR) is 77.3 cm³/mol. The van der Waals surface area contributed by atoms with E-state index in [1.165, 1.54) is 32.2 Å². The Hall–Kier alpha value is -0.940. The Labute approximate surface area is 121 Å². The molecule has 1 saturated carbocycles. The van der Waals surface area contributed by atoms with E-state index in [2.05, 4.69) is 34.2 Å². The van der Waals surface area contributed by atoms with Crippen LogP contribution < -0.4 is 5.32 Å². The Morgan fingerprint density at radius 2 is 2.20 bits per heavy atom. The molecule has 5 nitrogen and oxygen atoms in total. The van der Waals surface area contributed by atoms with Crippen LogP contribution in [0.4, 0.5) is 0 Å². The van der Waals surface area contributed by atoms with Crippen LogP contribution >= 0.6 is 0 Å². The Kier molecular flexibility index (Phi) is 4.36. The lowest BCUT2D eigenvalue weighted by Crippen LogP contribution is -2.38. The monoisotopic (exact) mass is 278 g/mol. The maximum atomic E-state index is 5.42. The van der Waals surface area contributed by atoms with Crippen LogP contribution in [0, 0.1) is 5.92 Å². The SMILES string of the molecule is CC(C)Cc1noc(CN(CC2CCCN2)C2CC2)n1. The number of aromatic nitrogens is 2. The third-order valence-corrected chi connectivity index (χ3v) is 4.12. The molecule has 2 aliphatic rings. The smallest absolute Gasteiger partial charge is 0.240 e. The van der Waals surface area contributed by atoms with Crippen LogP contribution in [0.25, 0.3) is 0 Å². The van der Waals surface area contributed by atoms with Crippen molar-refractivity contribution in [3.63, 3.8) is 0 Å². The van der Waals surface area contributed by atoms with Gasteiger partial charge in [0.2, 0.25) is 5.89 Å². The molecule has 1 unspecified atom stereocenters. The van der Waals surface area contributed by atoms with Gasteiger partial charge in [0.25, 0.3) is 0 Å². The lowest BCUT2D eigenvalue weighted by atomic mass is 10.1. The van der Waals surface area contributed by atoms with Crippen LogP contribution in [-0.2, 0) is 13.0 Å². The molecule has 0 amide bonds. The molecule has 2 fully saturated rings.